The maximum atomic E-state index is 11.6. The van der Waals surface area contributed by atoms with Gasteiger partial charge in [-0.3, -0.25) is 9.59 Å². The first kappa shape index (κ1) is 14.2. The normalized spacial score (nSPS) is 10.8. The number of para-hydroxylation sites is 1. The fourth-order valence-electron chi connectivity index (χ4n) is 1.30. The van der Waals surface area contributed by atoms with Crippen molar-refractivity contribution in [2.75, 3.05) is 11.9 Å². The van der Waals surface area contributed by atoms with E-state index in [1.54, 1.807) is 0 Å². The Morgan fingerprint density at radius 1 is 1.11 bits per heavy atom. The Bertz CT molecular complexity index is 408. The zero-order chi connectivity index (χ0) is 13.6. The van der Waals surface area contributed by atoms with Gasteiger partial charge < -0.3 is 10.6 Å². The molecule has 0 aliphatic heterocycles. The summed E-state index contributed by atoms with van der Waals surface area (Å²) in [6.07, 6.45) is 0.275. The molecular formula is C14H20N2O2. The molecule has 98 valence electrons. The molecule has 18 heavy (non-hydrogen) atoms. The standard InChI is InChI=1S/C14H20N2O2/c1-14(2,3)13(18)15-10-9-12(17)16-11-7-5-4-6-8-11/h4-8H,9-10H2,1-3H3,(H,15,18)(H,16,17). The lowest BCUT2D eigenvalue weighted by Gasteiger charge is -2.17. The summed E-state index contributed by atoms with van der Waals surface area (Å²) in [7, 11) is 0. The summed E-state index contributed by atoms with van der Waals surface area (Å²) in [4.78, 5) is 23.1. The highest BCUT2D eigenvalue weighted by Crippen LogP contribution is 2.12. The quantitative estimate of drug-likeness (QED) is 0.858. The molecule has 1 aromatic rings. The molecule has 0 saturated heterocycles. The average molecular weight is 248 g/mol. The maximum Gasteiger partial charge on any atom is 0.226 e. The molecular weight excluding hydrogens is 228 g/mol. The molecule has 0 saturated carbocycles. The van der Waals surface area contributed by atoms with Crippen molar-refractivity contribution in [1.82, 2.24) is 5.32 Å². The molecule has 0 aliphatic rings. The van der Waals surface area contributed by atoms with Crippen LogP contribution >= 0.6 is 0 Å². The number of nitrogens with one attached hydrogen (secondary N) is 2. The third kappa shape index (κ3) is 4.99. The van der Waals surface area contributed by atoms with Crippen LogP contribution in [-0.4, -0.2) is 18.4 Å². The summed E-state index contributed by atoms with van der Waals surface area (Å²) in [5.41, 5.74) is 0.347. The molecule has 4 nitrogen and oxygen atoms in total. The zero-order valence-corrected chi connectivity index (χ0v) is 11.1. The SMILES string of the molecule is CC(C)(C)C(=O)NCCC(=O)Nc1ccccc1. The maximum absolute atomic E-state index is 11.6. The van der Waals surface area contributed by atoms with E-state index < -0.39 is 5.41 Å². The number of amides is 2. The summed E-state index contributed by atoms with van der Waals surface area (Å²) < 4.78 is 0. The second kappa shape index (κ2) is 6.19. The monoisotopic (exact) mass is 248 g/mol. The van der Waals surface area contributed by atoms with Crippen LogP contribution in [0, 0.1) is 5.41 Å². The topological polar surface area (TPSA) is 58.2 Å². The largest absolute Gasteiger partial charge is 0.355 e. The number of carbonyl (C=O) groups is 2. The van der Waals surface area contributed by atoms with E-state index in [0.29, 0.717) is 6.54 Å². The van der Waals surface area contributed by atoms with Gasteiger partial charge in [-0.2, -0.15) is 0 Å². The van der Waals surface area contributed by atoms with Crippen molar-refractivity contribution in [3.8, 4) is 0 Å². The number of rotatable bonds is 4. The Morgan fingerprint density at radius 3 is 2.28 bits per heavy atom. The summed E-state index contributed by atoms with van der Waals surface area (Å²) in [6, 6.07) is 9.25. The summed E-state index contributed by atoms with van der Waals surface area (Å²) in [5, 5.41) is 5.50. The minimum absolute atomic E-state index is 0.0463. The van der Waals surface area contributed by atoms with Crippen molar-refractivity contribution >= 4 is 17.5 Å². The lowest BCUT2D eigenvalue weighted by molar-refractivity contribution is -0.128. The highest BCUT2D eigenvalue weighted by molar-refractivity contribution is 5.91. The Hall–Kier alpha value is -1.84. The Labute approximate surface area is 108 Å². The van der Waals surface area contributed by atoms with Gasteiger partial charge >= 0.3 is 0 Å². The molecule has 0 aromatic heterocycles. The van der Waals surface area contributed by atoms with Crippen LogP contribution in [0.5, 0.6) is 0 Å². The summed E-state index contributed by atoms with van der Waals surface area (Å²) >= 11 is 0. The van der Waals surface area contributed by atoms with E-state index in [1.807, 2.05) is 51.1 Å². The van der Waals surface area contributed by atoms with Crippen LogP contribution in [0.3, 0.4) is 0 Å². The minimum Gasteiger partial charge on any atom is -0.355 e. The molecule has 0 unspecified atom stereocenters. The summed E-state index contributed by atoms with van der Waals surface area (Å²) in [6.45, 7) is 5.87. The Morgan fingerprint density at radius 2 is 1.72 bits per heavy atom. The zero-order valence-electron chi connectivity index (χ0n) is 11.1. The van der Waals surface area contributed by atoms with E-state index >= 15 is 0 Å². The summed E-state index contributed by atoms with van der Waals surface area (Å²) in [5.74, 6) is -0.148. The smallest absolute Gasteiger partial charge is 0.226 e. The van der Waals surface area contributed by atoms with Gasteiger partial charge in [0, 0.05) is 24.1 Å². The lowest BCUT2D eigenvalue weighted by Crippen LogP contribution is -2.36. The van der Waals surface area contributed by atoms with Crippen LogP contribution in [0.2, 0.25) is 0 Å². The van der Waals surface area contributed by atoms with Crippen molar-refractivity contribution in [3.05, 3.63) is 30.3 Å². The van der Waals surface area contributed by atoms with Crippen molar-refractivity contribution in [2.45, 2.75) is 27.2 Å². The molecule has 1 aromatic carbocycles. The van der Waals surface area contributed by atoms with E-state index in [9.17, 15) is 9.59 Å². The Balaban J connectivity index is 2.28. The minimum atomic E-state index is -0.421. The van der Waals surface area contributed by atoms with Crippen molar-refractivity contribution in [1.29, 1.82) is 0 Å². The fourth-order valence-corrected chi connectivity index (χ4v) is 1.30. The highest BCUT2D eigenvalue weighted by Gasteiger charge is 2.20. The van der Waals surface area contributed by atoms with E-state index in [4.69, 9.17) is 0 Å². The molecule has 4 heteroatoms. The van der Waals surface area contributed by atoms with Gasteiger partial charge in [-0.25, -0.2) is 0 Å². The highest BCUT2D eigenvalue weighted by atomic mass is 16.2. The lowest BCUT2D eigenvalue weighted by atomic mass is 9.96. The first-order chi connectivity index (χ1) is 8.39. The number of benzene rings is 1. The van der Waals surface area contributed by atoms with Crippen molar-refractivity contribution in [3.63, 3.8) is 0 Å². The van der Waals surface area contributed by atoms with Gasteiger partial charge in [0.15, 0.2) is 0 Å². The first-order valence-corrected chi connectivity index (χ1v) is 6.03. The van der Waals surface area contributed by atoms with Gasteiger partial charge in [0.05, 0.1) is 0 Å². The van der Waals surface area contributed by atoms with Gasteiger partial charge in [0.25, 0.3) is 0 Å². The molecule has 0 spiro atoms. The second-order valence-electron chi connectivity index (χ2n) is 5.17. The van der Waals surface area contributed by atoms with Gasteiger partial charge in [-0.1, -0.05) is 39.0 Å². The Kier molecular flexibility index (Phi) is 4.89. The van der Waals surface area contributed by atoms with Crippen LogP contribution in [0.1, 0.15) is 27.2 Å². The van der Waals surface area contributed by atoms with Crippen LogP contribution in [0.15, 0.2) is 30.3 Å². The van der Waals surface area contributed by atoms with E-state index in [2.05, 4.69) is 10.6 Å². The van der Waals surface area contributed by atoms with Crippen LogP contribution < -0.4 is 10.6 Å². The van der Waals surface area contributed by atoms with Gasteiger partial charge in [0.1, 0.15) is 0 Å². The van der Waals surface area contributed by atoms with Crippen molar-refractivity contribution < 1.29 is 9.59 Å². The number of anilines is 1. The predicted molar refractivity (Wildman–Crippen MR) is 72.2 cm³/mol. The predicted octanol–water partition coefficient (Wildman–Crippen LogP) is 2.18. The van der Waals surface area contributed by atoms with Crippen LogP contribution in [0.25, 0.3) is 0 Å². The molecule has 0 atom stereocenters. The van der Waals surface area contributed by atoms with E-state index in [1.165, 1.54) is 0 Å². The van der Waals surface area contributed by atoms with Crippen LogP contribution in [0.4, 0.5) is 5.69 Å². The molecule has 0 aliphatic carbocycles. The van der Waals surface area contributed by atoms with E-state index in [-0.39, 0.29) is 18.2 Å². The van der Waals surface area contributed by atoms with E-state index in [0.717, 1.165) is 5.69 Å². The molecule has 0 fully saturated rings. The number of hydrogen-bond donors (Lipinski definition) is 2. The number of hydrogen-bond acceptors (Lipinski definition) is 2. The molecule has 2 N–H and O–H groups in total. The molecule has 0 radical (unpaired) electrons. The molecule has 0 heterocycles. The molecule has 2 amide bonds. The molecule has 0 bridgehead atoms. The number of carbonyl (C=O) groups excluding carboxylic acids is 2. The molecule has 1 rings (SSSR count). The van der Waals surface area contributed by atoms with Gasteiger partial charge in [-0.15, -0.1) is 0 Å². The van der Waals surface area contributed by atoms with Gasteiger partial charge in [0.2, 0.25) is 11.8 Å². The first-order valence-electron chi connectivity index (χ1n) is 6.03. The fraction of sp³-hybridized carbons (Fsp3) is 0.429. The third-order valence-electron chi connectivity index (χ3n) is 2.38. The third-order valence-corrected chi connectivity index (χ3v) is 2.38. The van der Waals surface area contributed by atoms with Crippen molar-refractivity contribution in [2.24, 2.45) is 5.41 Å². The van der Waals surface area contributed by atoms with Crippen LogP contribution in [-0.2, 0) is 9.59 Å². The average Bonchev–Trinajstić information content (AvgIpc) is 2.28. The van der Waals surface area contributed by atoms with Gasteiger partial charge in [-0.05, 0) is 12.1 Å². The second-order valence-corrected chi connectivity index (χ2v) is 5.17.